The van der Waals surface area contributed by atoms with E-state index >= 15 is 0 Å². The van der Waals surface area contributed by atoms with E-state index in [9.17, 15) is 0 Å². The molecule has 0 bridgehead atoms. The minimum atomic E-state index is -0.225. The van der Waals surface area contributed by atoms with E-state index in [2.05, 4.69) is 15.3 Å². The average molecular weight is 260 g/mol. The van der Waals surface area contributed by atoms with Crippen LogP contribution < -0.4 is 5.32 Å². The first-order chi connectivity index (χ1) is 7.96. The fraction of sp³-hybridized carbons (Fsp3) is 0.636. The average Bonchev–Trinajstić information content (AvgIpc) is 2.15. The molecule has 0 radical (unpaired) electrons. The van der Waals surface area contributed by atoms with Gasteiger partial charge in [0, 0.05) is 20.3 Å². The molecule has 6 heteroatoms. The van der Waals surface area contributed by atoms with Crippen LogP contribution in [0.5, 0.6) is 0 Å². The summed E-state index contributed by atoms with van der Waals surface area (Å²) >= 11 is 5.91. The summed E-state index contributed by atoms with van der Waals surface area (Å²) in [5.41, 5.74) is -0.225. The highest BCUT2D eigenvalue weighted by molar-refractivity contribution is 6.29. The van der Waals surface area contributed by atoms with Crippen molar-refractivity contribution in [1.29, 1.82) is 0 Å². The Kier molecular flexibility index (Phi) is 5.11. The Morgan fingerprint density at radius 2 is 2.00 bits per heavy atom. The topological polar surface area (TPSA) is 56.3 Å². The molecular formula is C11H18ClN3O2. The summed E-state index contributed by atoms with van der Waals surface area (Å²) in [6, 6.07) is 1.68. The highest BCUT2D eigenvalue weighted by Gasteiger charge is 2.18. The molecule has 0 fully saturated rings. The highest BCUT2D eigenvalue weighted by atomic mass is 35.5. The lowest BCUT2D eigenvalue weighted by Crippen LogP contribution is -2.36. The zero-order valence-electron chi connectivity index (χ0n) is 10.6. The van der Waals surface area contributed by atoms with Crippen LogP contribution >= 0.6 is 11.6 Å². The second-order valence-electron chi connectivity index (χ2n) is 4.37. The molecule has 1 aromatic heterocycles. The van der Waals surface area contributed by atoms with Crippen molar-refractivity contribution in [3.05, 3.63) is 17.0 Å². The zero-order chi connectivity index (χ0) is 12.9. The van der Waals surface area contributed by atoms with Crippen molar-refractivity contribution in [3.8, 4) is 0 Å². The number of nitrogens with one attached hydrogen (secondary N) is 1. The van der Waals surface area contributed by atoms with Crippen molar-refractivity contribution in [2.75, 3.05) is 26.1 Å². The van der Waals surface area contributed by atoms with Crippen LogP contribution in [0.25, 0.3) is 0 Å². The molecule has 1 N–H and O–H groups in total. The van der Waals surface area contributed by atoms with Gasteiger partial charge in [0.25, 0.3) is 0 Å². The monoisotopic (exact) mass is 259 g/mol. The number of methoxy groups -OCH3 is 2. The van der Waals surface area contributed by atoms with E-state index in [4.69, 9.17) is 21.1 Å². The van der Waals surface area contributed by atoms with Crippen LogP contribution in [-0.4, -0.2) is 36.3 Å². The molecule has 0 saturated carbocycles. The highest BCUT2D eigenvalue weighted by Crippen LogP contribution is 2.17. The van der Waals surface area contributed by atoms with E-state index < -0.39 is 0 Å². The van der Waals surface area contributed by atoms with Crippen molar-refractivity contribution in [2.45, 2.75) is 26.0 Å². The summed E-state index contributed by atoms with van der Waals surface area (Å²) in [4.78, 5) is 8.36. The molecule has 0 aliphatic rings. The van der Waals surface area contributed by atoms with E-state index in [1.54, 1.807) is 20.3 Å². The van der Waals surface area contributed by atoms with Crippen molar-refractivity contribution >= 4 is 17.4 Å². The second-order valence-corrected chi connectivity index (χ2v) is 4.75. The molecule has 0 amide bonds. The summed E-state index contributed by atoms with van der Waals surface area (Å²) in [5.74, 6) is 1.22. The molecule has 0 aliphatic heterocycles. The third-order valence-corrected chi connectivity index (χ3v) is 2.18. The lowest BCUT2D eigenvalue weighted by molar-refractivity contribution is 0.157. The minimum Gasteiger partial charge on any atom is -0.382 e. The molecule has 0 aromatic carbocycles. The Labute approximate surface area is 107 Å². The van der Waals surface area contributed by atoms with Crippen LogP contribution in [0, 0.1) is 0 Å². The molecule has 0 saturated heterocycles. The van der Waals surface area contributed by atoms with E-state index in [1.165, 1.54) is 0 Å². The Morgan fingerprint density at radius 1 is 1.29 bits per heavy atom. The van der Waals surface area contributed by atoms with Gasteiger partial charge in [-0.3, -0.25) is 0 Å². The lowest BCUT2D eigenvalue weighted by atomic mass is 10.1. The first-order valence-electron chi connectivity index (χ1n) is 5.26. The number of nitrogens with zero attached hydrogens (tertiary/aromatic N) is 2. The maximum Gasteiger partial charge on any atom is 0.158 e. The summed E-state index contributed by atoms with van der Waals surface area (Å²) in [6.45, 7) is 4.93. The molecule has 0 aliphatic carbocycles. The fourth-order valence-corrected chi connectivity index (χ4v) is 1.67. The van der Waals surface area contributed by atoms with Gasteiger partial charge in [-0.15, -0.1) is 0 Å². The molecule has 0 atom stereocenters. The SMILES string of the molecule is COCc1nc(Cl)cc(NC(C)(C)COC)n1. The van der Waals surface area contributed by atoms with Crippen LogP contribution in [0.15, 0.2) is 6.07 Å². The van der Waals surface area contributed by atoms with E-state index in [0.29, 0.717) is 30.0 Å². The predicted molar refractivity (Wildman–Crippen MR) is 67.3 cm³/mol. The lowest BCUT2D eigenvalue weighted by Gasteiger charge is -2.26. The molecule has 1 aromatic rings. The number of rotatable bonds is 6. The van der Waals surface area contributed by atoms with Crippen molar-refractivity contribution < 1.29 is 9.47 Å². The summed E-state index contributed by atoms with van der Waals surface area (Å²) in [7, 11) is 3.25. The number of hydrogen-bond donors (Lipinski definition) is 1. The Hall–Kier alpha value is -0.910. The maximum atomic E-state index is 5.91. The third-order valence-electron chi connectivity index (χ3n) is 1.99. The number of halogens is 1. The summed E-state index contributed by atoms with van der Waals surface area (Å²) in [5, 5.41) is 3.63. The Bertz CT molecular complexity index is 372. The van der Waals surface area contributed by atoms with Crippen LogP contribution in [0.1, 0.15) is 19.7 Å². The smallest absolute Gasteiger partial charge is 0.158 e. The molecule has 17 heavy (non-hydrogen) atoms. The first kappa shape index (κ1) is 14.2. The Balaban J connectivity index is 2.83. The summed E-state index contributed by atoms with van der Waals surface area (Å²) in [6.07, 6.45) is 0. The molecule has 0 spiro atoms. The van der Waals surface area contributed by atoms with Gasteiger partial charge in [0.2, 0.25) is 0 Å². The predicted octanol–water partition coefficient (Wildman–Crippen LogP) is 2.11. The summed E-state index contributed by atoms with van der Waals surface area (Å²) < 4.78 is 10.1. The van der Waals surface area contributed by atoms with Gasteiger partial charge in [-0.05, 0) is 13.8 Å². The van der Waals surface area contributed by atoms with Gasteiger partial charge < -0.3 is 14.8 Å². The van der Waals surface area contributed by atoms with Crippen LogP contribution in [0.2, 0.25) is 5.15 Å². The van der Waals surface area contributed by atoms with Gasteiger partial charge in [0.1, 0.15) is 17.6 Å². The standard InChI is InChI=1S/C11H18ClN3O2/c1-11(2,7-17-4)15-9-5-8(12)13-10(14-9)6-16-3/h5H,6-7H2,1-4H3,(H,13,14,15). The van der Waals surface area contributed by atoms with Crippen LogP contribution in [-0.2, 0) is 16.1 Å². The van der Waals surface area contributed by atoms with Crippen LogP contribution in [0.4, 0.5) is 5.82 Å². The largest absolute Gasteiger partial charge is 0.382 e. The molecular weight excluding hydrogens is 242 g/mol. The van der Waals surface area contributed by atoms with E-state index in [-0.39, 0.29) is 5.54 Å². The van der Waals surface area contributed by atoms with E-state index in [0.717, 1.165) is 0 Å². The molecule has 1 heterocycles. The van der Waals surface area contributed by atoms with Crippen LogP contribution in [0.3, 0.4) is 0 Å². The van der Waals surface area contributed by atoms with Gasteiger partial charge in [0.15, 0.2) is 5.82 Å². The van der Waals surface area contributed by atoms with Gasteiger partial charge in [0.05, 0.1) is 12.1 Å². The van der Waals surface area contributed by atoms with E-state index in [1.807, 2.05) is 13.8 Å². The first-order valence-corrected chi connectivity index (χ1v) is 5.64. The third kappa shape index (κ3) is 4.85. The van der Waals surface area contributed by atoms with Gasteiger partial charge in [-0.25, -0.2) is 9.97 Å². The molecule has 96 valence electrons. The van der Waals surface area contributed by atoms with Crippen molar-refractivity contribution in [1.82, 2.24) is 9.97 Å². The van der Waals surface area contributed by atoms with Gasteiger partial charge >= 0.3 is 0 Å². The zero-order valence-corrected chi connectivity index (χ0v) is 11.3. The fourth-order valence-electron chi connectivity index (χ4n) is 1.47. The normalized spacial score (nSPS) is 11.6. The number of aromatic nitrogens is 2. The number of hydrogen-bond acceptors (Lipinski definition) is 5. The van der Waals surface area contributed by atoms with Crippen molar-refractivity contribution in [2.24, 2.45) is 0 Å². The van der Waals surface area contributed by atoms with Crippen molar-refractivity contribution in [3.63, 3.8) is 0 Å². The minimum absolute atomic E-state index is 0.225. The number of ether oxygens (including phenoxy) is 2. The molecule has 5 nitrogen and oxygen atoms in total. The van der Waals surface area contributed by atoms with Gasteiger partial charge in [-0.1, -0.05) is 11.6 Å². The molecule has 1 rings (SSSR count). The number of anilines is 1. The molecule has 0 unspecified atom stereocenters. The Morgan fingerprint density at radius 3 is 2.59 bits per heavy atom. The maximum absolute atomic E-state index is 5.91. The second kappa shape index (κ2) is 6.14. The van der Waals surface area contributed by atoms with Gasteiger partial charge in [-0.2, -0.15) is 0 Å². The quantitative estimate of drug-likeness (QED) is 0.793.